The molecule has 1 heterocycles. The third kappa shape index (κ3) is 3.52. The molecule has 2 rings (SSSR count). The van der Waals surface area contributed by atoms with Gasteiger partial charge in [0.15, 0.2) is 0 Å². The van der Waals surface area contributed by atoms with E-state index < -0.39 is 0 Å². The molecular weight excluding hydrogens is 320 g/mol. The summed E-state index contributed by atoms with van der Waals surface area (Å²) in [7, 11) is 3.49. The van der Waals surface area contributed by atoms with Gasteiger partial charge in [-0.3, -0.25) is 4.90 Å². The van der Waals surface area contributed by atoms with Crippen LogP contribution in [0.4, 0.5) is 0 Å². The molecule has 5 heteroatoms. The number of hydrogen-bond acceptors (Lipinski definition) is 4. The molecule has 1 aliphatic rings. The van der Waals surface area contributed by atoms with Crippen LogP contribution in [0.5, 0.6) is 5.75 Å². The lowest BCUT2D eigenvalue weighted by Crippen LogP contribution is -2.43. The summed E-state index contributed by atoms with van der Waals surface area (Å²) in [6, 6.07) is 6.25. The minimum Gasteiger partial charge on any atom is -0.496 e. The molecule has 20 heavy (non-hydrogen) atoms. The number of nitrogens with zero attached hydrogens (tertiary/aromatic N) is 1. The molecule has 0 spiro atoms. The van der Waals surface area contributed by atoms with Crippen molar-refractivity contribution in [3.05, 3.63) is 28.2 Å². The first kappa shape index (κ1) is 15.8. The van der Waals surface area contributed by atoms with Crippen LogP contribution < -0.4 is 10.5 Å². The van der Waals surface area contributed by atoms with Crippen LogP contribution in [0.1, 0.15) is 24.4 Å². The Morgan fingerprint density at radius 1 is 1.45 bits per heavy atom. The highest BCUT2D eigenvalue weighted by molar-refractivity contribution is 9.10. The molecule has 0 aromatic heterocycles. The van der Waals surface area contributed by atoms with Gasteiger partial charge in [0.1, 0.15) is 5.75 Å². The van der Waals surface area contributed by atoms with E-state index in [9.17, 15) is 0 Å². The van der Waals surface area contributed by atoms with Crippen LogP contribution >= 0.6 is 15.9 Å². The Hall–Kier alpha value is -0.620. The van der Waals surface area contributed by atoms with Crippen molar-refractivity contribution in [1.29, 1.82) is 0 Å². The third-order valence-corrected chi connectivity index (χ3v) is 4.45. The first-order chi connectivity index (χ1) is 9.69. The number of halogens is 1. The van der Waals surface area contributed by atoms with Gasteiger partial charge in [-0.25, -0.2) is 0 Å². The predicted molar refractivity (Wildman–Crippen MR) is 84.1 cm³/mol. The van der Waals surface area contributed by atoms with E-state index in [-0.39, 0.29) is 6.04 Å². The first-order valence-electron chi connectivity index (χ1n) is 7.00. The van der Waals surface area contributed by atoms with E-state index in [1.807, 2.05) is 12.1 Å². The maximum atomic E-state index is 6.04. The molecule has 2 atom stereocenters. The Balaban J connectivity index is 2.25. The van der Waals surface area contributed by atoms with Gasteiger partial charge in [-0.05, 0) is 37.6 Å². The topological polar surface area (TPSA) is 47.7 Å². The van der Waals surface area contributed by atoms with E-state index in [0.717, 1.165) is 41.7 Å². The fourth-order valence-electron chi connectivity index (χ4n) is 2.88. The van der Waals surface area contributed by atoms with Gasteiger partial charge in [-0.1, -0.05) is 15.9 Å². The highest BCUT2D eigenvalue weighted by Crippen LogP contribution is 2.33. The monoisotopic (exact) mass is 342 g/mol. The molecule has 1 saturated heterocycles. The quantitative estimate of drug-likeness (QED) is 0.893. The minimum absolute atomic E-state index is 0.167. The average molecular weight is 343 g/mol. The van der Waals surface area contributed by atoms with E-state index in [2.05, 4.69) is 26.9 Å². The van der Waals surface area contributed by atoms with Crippen LogP contribution in [0.25, 0.3) is 0 Å². The van der Waals surface area contributed by atoms with Crippen LogP contribution in [0.3, 0.4) is 0 Å². The van der Waals surface area contributed by atoms with Gasteiger partial charge in [0, 0.05) is 30.2 Å². The Morgan fingerprint density at radius 2 is 2.25 bits per heavy atom. The van der Waals surface area contributed by atoms with E-state index in [4.69, 9.17) is 15.2 Å². The molecule has 1 aliphatic heterocycles. The lowest BCUT2D eigenvalue weighted by Gasteiger charge is -2.38. The molecule has 0 radical (unpaired) electrons. The minimum atomic E-state index is 0.167. The SMILES string of the molecule is COc1ccc(Br)cc1C(CN)N1CCCC(OC)C1. The number of ether oxygens (including phenoxy) is 2. The van der Waals surface area contributed by atoms with Gasteiger partial charge in [-0.15, -0.1) is 0 Å². The van der Waals surface area contributed by atoms with Gasteiger partial charge in [0.25, 0.3) is 0 Å². The summed E-state index contributed by atoms with van der Waals surface area (Å²) in [6.45, 7) is 2.55. The predicted octanol–water partition coefficient (Wildman–Crippen LogP) is 2.57. The fourth-order valence-corrected chi connectivity index (χ4v) is 3.26. The molecule has 0 aliphatic carbocycles. The van der Waals surface area contributed by atoms with E-state index in [0.29, 0.717) is 12.6 Å². The molecule has 4 nitrogen and oxygen atoms in total. The summed E-state index contributed by atoms with van der Waals surface area (Å²) in [5.41, 5.74) is 7.18. The summed E-state index contributed by atoms with van der Waals surface area (Å²) < 4.78 is 12.1. The average Bonchev–Trinajstić information content (AvgIpc) is 2.48. The van der Waals surface area contributed by atoms with E-state index in [1.165, 1.54) is 0 Å². The summed E-state index contributed by atoms with van der Waals surface area (Å²) in [6.07, 6.45) is 2.57. The van der Waals surface area contributed by atoms with Crippen molar-refractivity contribution in [2.45, 2.75) is 25.0 Å². The first-order valence-corrected chi connectivity index (χ1v) is 7.79. The van der Waals surface area contributed by atoms with E-state index >= 15 is 0 Å². The largest absolute Gasteiger partial charge is 0.496 e. The fraction of sp³-hybridized carbons (Fsp3) is 0.600. The number of benzene rings is 1. The molecule has 0 bridgehead atoms. The zero-order valence-electron chi connectivity index (χ0n) is 12.1. The van der Waals surface area contributed by atoms with Crippen molar-refractivity contribution in [2.75, 3.05) is 33.9 Å². The molecule has 1 aromatic rings. The molecule has 2 unspecified atom stereocenters. The number of nitrogens with two attached hydrogens (primary N) is 1. The van der Waals surface area contributed by atoms with Crippen molar-refractivity contribution >= 4 is 15.9 Å². The van der Waals surface area contributed by atoms with Crippen LogP contribution in [0, 0.1) is 0 Å². The number of rotatable bonds is 5. The normalized spacial score (nSPS) is 21.7. The Labute approximate surface area is 129 Å². The molecular formula is C15H23BrN2O2. The molecule has 2 N–H and O–H groups in total. The van der Waals surface area contributed by atoms with Crippen molar-refractivity contribution in [2.24, 2.45) is 5.73 Å². The molecule has 1 fully saturated rings. The van der Waals surface area contributed by atoms with Gasteiger partial charge in [0.05, 0.1) is 19.3 Å². The van der Waals surface area contributed by atoms with Crippen molar-refractivity contribution in [3.8, 4) is 5.75 Å². The van der Waals surface area contributed by atoms with Crippen LogP contribution in [-0.4, -0.2) is 44.9 Å². The second-order valence-corrected chi connectivity index (χ2v) is 6.05. The summed E-state index contributed by atoms with van der Waals surface area (Å²) in [5.74, 6) is 0.892. The summed E-state index contributed by atoms with van der Waals surface area (Å²) in [5, 5.41) is 0. The van der Waals surface area contributed by atoms with Crippen LogP contribution in [0.2, 0.25) is 0 Å². The number of hydrogen-bond donors (Lipinski definition) is 1. The Kier molecular flexibility index (Phi) is 5.84. The lowest BCUT2D eigenvalue weighted by atomic mass is 9.99. The summed E-state index contributed by atoms with van der Waals surface area (Å²) >= 11 is 3.53. The van der Waals surface area contributed by atoms with Crippen molar-refractivity contribution in [1.82, 2.24) is 4.90 Å². The second kappa shape index (κ2) is 7.41. The highest BCUT2D eigenvalue weighted by Gasteiger charge is 2.27. The molecule has 1 aromatic carbocycles. The maximum absolute atomic E-state index is 6.04. The Morgan fingerprint density at radius 3 is 2.90 bits per heavy atom. The van der Waals surface area contributed by atoms with Crippen molar-refractivity contribution in [3.63, 3.8) is 0 Å². The standard InChI is InChI=1S/C15H23BrN2O2/c1-19-12-4-3-7-18(10-12)14(9-17)13-8-11(16)5-6-15(13)20-2/h5-6,8,12,14H,3-4,7,9-10,17H2,1-2H3. The van der Waals surface area contributed by atoms with Gasteiger partial charge in [-0.2, -0.15) is 0 Å². The molecule has 112 valence electrons. The molecule has 0 saturated carbocycles. The maximum Gasteiger partial charge on any atom is 0.123 e. The van der Waals surface area contributed by atoms with Crippen LogP contribution in [-0.2, 0) is 4.74 Å². The number of piperidine rings is 1. The lowest BCUT2D eigenvalue weighted by molar-refractivity contribution is 0.0151. The third-order valence-electron chi connectivity index (χ3n) is 3.96. The number of methoxy groups -OCH3 is 2. The van der Waals surface area contributed by atoms with E-state index in [1.54, 1.807) is 14.2 Å². The second-order valence-electron chi connectivity index (χ2n) is 5.13. The zero-order valence-corrected chi connectivity index (χ0v) is 13.7. The van der Waals surface area contributed by atoms with Crippen molar-refractivity contribution < 1.29 is 9.47 Å². The molecule has 0 amide bonds. The zero-order chi connectivity index (χ0) is 14.5. The van der Waals surface area contributed by atoms with Gasteiger partial charge in [0.2, 0.25) is 0 Å². The smallest absolute Gasteiger partial charge is 0.123 e. The van der Waals surface area contributed by atoms with Gasteiger partial charge < -0.3 is 15.2 Å². The Bertz CT molecular complexity index is 442. The number of likely N-dealkylation sites (tertiary alicyclic amines) is 1. The highest BCUT2D eigenvalue weighted by atomic mass is 79.9. The summed E-state index contributed by atoms with van der Waals surface area (Å²) in [4.78, 5) is 2.40. The van der Waals surface area contributed by atoms with Crippen LogP contribution in [0.15, 0.2) is 22.7 Å². The van der Waals surface area contributed by atoms with Gasteiger partial charge >= 0.3 is 0 Å².